The summed E-state index contributed by atoms with van der Waals surface area (Å²) in [4.78, 5) is 18.1. The van der Waals surface area contributed by atoms with Gasteiger partial charge in [0.05, 0.1) is 11.4 Å². The maximum Gasteiger partial charge on any atom is 0.368 e. The number of rotatable bonds is 6. The van der Waals surface area contributed by atoms with Crippen LogP contribution in [0.15, 0.2) is 46.3 Å². The van der Waals surface area contributed by atoms with Gasteiger partial charge in [0.2, 0.25) is 0 Å². The molecule has 4 rings (SSSR count). The molecular weight excluding hydrogens is 378 g/mol. The average Bonchev–Trinajstić information content (AvgIpc) is 3.11. The van der Waals surface area contributed by atoms with Crippen LogP contribution in [0.1, 0.15) is 54.5 Å². The molecule has 2 aromatic carbocycles. The topological polar surface area (TPSA) is 74.3 Å². The number of nitrogens with zero attached hydrogens (tertiary/aromatic N) is 5. The highest BCUT2D eigenvalue weighted by Gasteiger charge is 2.15. The fourth-order valence-corrected chi connectivity index (χ4v) is 3.99. The van der Waals surface area contributed by atoms with Crippen molar-refractivity contribution in [3.63, 3.8) is 0 Å². The van der Waals surface area contributed by atoms with E-state index in [4.69, 9.17) is 4.84 Å². The second-order valence-corrected chi connectivity index (χ2v) is 7.71. The molecular formula is C23H27N5O2. The van der Waals surface area contributed by atoms with Gasteiger partial charge >= 0.3 is 5.69 Å². The van der Waals surface area contributed by atoms with Crippen LogP contribution in [0.5, 0.6) is 0 Å². The van der Waals surface area contributed by atoms with E-state index in [9.17, 15) is 4.79 Å². The number of benzene rings is 2. The van der Waals surface area contributed by atoms with E-state index in [1.165, 1.54) is 39.8 Å². The lowest BCUT2D eigenvalue weighted by atomic mass is 9.90. The third-order valence-corrected chi connectivity index (χ3v) is 5.76. The maximum absolute atomic E-state index is 12.3. The van der Waals surface area contributed by atoms with Crippen molar-refractivity contribution in [3.05, 3.63) is 74.7 Å². The van der Waals surface area contributed by atoms with Crippen LogP contribution in [-0.4, -0.2) is 25.5 Å². The molecule has 7 nitrogen and oxygen atoms in total. The van der Waals surface area contributed by atoms with Gasteiger partial charge in [0.1, 0.15) is 6.61 Å². The number of tetrazole rings is 1. The molecule has 0 radical (unpaired) electrons. The Morgan fingerprint density at radius 3 is 2.67 bits per heavy atom. The minimum Gasteiger partial charge on any atom is -0.391 e. The standard InChI is InChI=1S/C23H27N5O2/c1-4-17-10-7-11-22(28-23(29)27(3)25-26-28)21(17)15-30-24-16(2)19-13-12-18-8-5-6-9-20(18)14-19/h7,10-14H,4-6,8-9,15H2,1-3H3. The van der Waals surface area contributed by atoms with Crippen molar-refractivity contribution in [2.24, 2.45) is 12.2 Å². The molecule has 0 atom stereocenters. The lowest BCUT2D eigenvalue weighted by molar-refractivity contribution is 0.130. The van der Waals surface area contributed by atoms with Crippen LogP contribution in [0.25, 0.3) is 5.69 Å². The molecule has 0 N–H and O–H groups in total. The Kier molecular flexibility index (Phi) is 5.79. The van der Waals surface area contributed by atoms with Crippen molar-refractivity contribution in [3.8, 4) is 5.69 Å². The van der Waals surface area contributed by atoms with Crippen molar-refractivity contribution in [1.82, 2.24) is 19.8 Å². The molecule has 1 aliphatic rings. The smallest absolute Gasteiger partial charge is 0.368 e. The van der Waals surface area contributed by atoms with Crippen LogP contribution in [0, 0.1) is 0 Å². The summed E-state index contributed by atoms with van der Waals surface area (Å²) < 4.78 is 2.51. The van der Waals surface area contributed by atoms with E-state index in [0.29, 0.717) is 5.69 Å². The van der Waals surface area contributed by atoms with Gasteiger partial charge in [-0.05, 0) is 83.8 Å². The molecule has 1 aliphatic carbocycles. The molecule has 1 aromatic heterocycles. The summed E-state index contributed by atoms with van der Waals surface area (Å²) in [5.41, 5.74) is 7.17. The Hall–Kier alpha value is -3.22. The first-order chi connectivity index (χ1) is 14.6. The fourth-order valence-electron chi connectivity index (χ4n) is 3.99. The Bertz CT molecular complexity index is 1140. The minimum atomic E-state index is -0.293. The van der Waals surface area contributed by atoms with Crippen molar-refractivity contribution >= 4 is 5.71 Å². The second kappa shape index (κ2) is 8.65. The summed E-state index contributed by atoms with van der Waals surface area (Å²) in [6, 6.07) is 12.4. The molecule has 0 saturated carbocycles. The summed E-state index contributed by atoms with van der Waals surface area (Å²) >= 11 is 0. The van der Waals surface area contributed by atoms with Gasteiger partial charge in [-0.2, -0.15) is 9.36 Å². The SMILES string of the molecule is CCc1cccc(-n2nnn(C)c2=O)c1CON=C(C)c1ccc2c(c1)CCCC2. The molecule has 0 saturated heterocycles. The largest absolute Gasteiger partial charge is 0.391 e. The number of hydrogen-bond acceptors (Lipinski definition) is 5. The highest BCUT2D eigenvalue weighted by molar-refractivity contribution is 5.98. The first kappa shape index (κ1) is 20.1. The molecule has 0 amide bonds. The van der Waals surface area contributed by atoms with E-state index < -0.39 is 0 Å². The summed E-state index contributed by atoms with van der Waals surface area (Å²) in [7, 11) is 1.58. The summed E-state index contributed by atoms with van der Waals surface area (Å²) in [5.74, 6) is 0. The number of hydrogen-bond donors (Lipinski definition) is 0. The number of aromatic nitrogens is 4. The molecule has 0 spiro atoms. The van der Waals surface area contributed by atoms with Crippen LogP contribution in [0.4, 0.5) is 0 Å². The van der Waals surface area contributed by atoms with Crippen LogP contribution in [0.2, 0.25) is 0 Å². The summed E-state index contributed by atoms with van der Waals surface area (Å²) in [6.45, 7) is 4.29. The molecule has 0 fully saturated rings. The first-order valence-corrected chi connectivity index (χ1v) is 10.5. The molecule has 0 aliphatic heterocycles. The van der Waals surface area contributed by atoms with Crippen LogP contribution >= 0.6 is 0 Å². The molecule has 0 bridgehead atoms. The predicted octanol–water partition coefficient (Wildman–Crippen LogP) is 3.35. The third-order valence-electron chi connectivity index (χ3n) is 5.76. The molecule has 156 valence electrons. The zero-order valence-electron chi connectivity index (χ0n) is 17.8. The predicted molar refractivity (Wildman–Crippen MR) is 116 cm³/mol. The maximum atomic E-state index is 12.3. The summed E-state index contributed by atoms with van der Waals surface area (Å²) in [5, 5.41) is 12.2. The van der Waals surface area contributed by atoms with E-state index in [0.717, 1.165) is 35.2 Å². The molecule has 3 aromatic rings. The molecule has 30 heavy (non-hydrogen) atoms. The quantitative estimate of drug-likeness (QED) is 0.466. The second-order valence-electron chi connectivity index (χ2n) is 7.71. The van der Waals surface area contributed by atoms with E-state index in [2.05, 4.69) is 40.7 Å². The zero-order chi connectivity index (χ0) is 21.1. The van der Waals surface area contributed by atoms with E-state index in [-0.39, 0.29) is 12.3 Å². The van der Waals surface area contributed by atoms with E-state index >= 15 is 0 Å². The number of aryl methyl sites for hydroxylation is 4. The highest BCUT2D eigenvalue weighted by Crippen LogP contribution is 2.23. The van der Waals surface area contributed by atoms with Crippen LogP contribution < -0.4 is 5.69 Å². The zero-order valence-corrected chi connectivity index (χ0v) is 17.8. The van der Waals surface area contributed by atoms with E-state index in [1.54, 1.807) is 7.05 Å². The Morgan fingerprint density at radius 1 is 1.13 bits per heavy atom. The van der Waals surface area contributed by atoms with Gasteiger partial charge < -0.3 is 4.84 Å². The van der Waals surface area contributed by atoms with Crippen molar-refractivity contribution in [2.75, 3.05) is 0 Å². The van der Waals surface area contributed by atoms with Crippen LogP contribution in [0.3, 0.4) is 0 Å². The van der Waals surface area contributed by atoms with Gasteiger partial charge in [-0.3, -0.25) is 0 Å². The lowest BCUT2D eigenvalue weighted by Crippen LogP contribution is -2.23. The van der Waals surface area contributed by atoms with Gasteiger partial charge in [-0.15, -0.1) is 0 Å². The van der Waals surface area contributed by atoms with Crippen molar-refractivity contribution in [1.29, 1.82) is 0 Å². The summed E-state index contributed by atoms with van der Waals surface area (Å²) in [6.07, 6.45) is 5.64. The fraction of sp³-hybridized carbons (Fsp3) is 0.391. The lowest BCUT2D eigenvalue weighted by Gasteiger charge is -2.16. The average molecular weight is 406 g/mol. The Balaban J connectivity index is 1.57. The van der Waals surface area contributed by atoms with E-state index in [1.807, 2.05) is 25.1 Å². The van der Waals surface area contributed by atoms with Gasteiger partial charge in [-0.1, -0.05) is 36.3 Å². The van der Waals surface area contributed by atoms with Gasteiger partial charge in [0.25, 0.3) is 0 Å². The normalized spacial score (nSPS) is 13.9. The number of oxime groups is 1. The molecule has 7 heteroatoms. The van der Waals surface area contributed by atoms with Crippen molar-refractivity contribution in [2.45, 2.75) is 52.6 Å². The minimum absolute atomic E-state index is 0.255. The monoisotopic (exact) mass is 405 g/mol. The van der Waals surface area contributed by atoms with Crippen molar-refractivity contribution < 1.29 is 4.84 Å². The van der Waals surface area contributed by atoms with Crippen LogP contribution in [-0.2, 0) is 37.8 Å². The van der Waals surface area contributed by atoms with Gasteiger partial charge in [-0.25, -0.2) is 4.79 Å². The molecule has 1 heterocycles. The van der Waals surface area contributed by atoms with Gasteiger partial charge in [0.15, 0.2) is 0 Å². The first-order valence-electron chi connectivity index (χ1n) is 10.5. The number of fused-ring (bicyclic) bond motifs is 1. The third kappa shape index (κ3) is 3.92. The Labute approximate surface area is 176 Å². The Morgan fingerprint density at radius 2 is 1.93 bits per heavy atom. The highest BCUT2D eigenvalue weighted by atomic mass is 16.6. The van der Waals surface area contributed by atoms with Gasteiger partial charge in [0, 0.05) is 12.6 Å². The molecule has 0 unspecified atom stereocenters.